The monoisotopic (exact) mass is 450 g/mol. The number of amides is 1. The van der Waals surface area contributed by atoms with Gasteiger partial charge in [-0.25, -0.2) is 4.98 Å². The highest BCUT2D eigenvalue weighted by molar-refractivity contribution is 7.99. The minimum absolute atomic E-state index is 0.0595. The molecule has 1 aromatic heterocycles. The molecule has 0 unspecified atom stereocenters. The Labute approximate surface area is 193 Å². The highest BCUT2D eigenvalue weighted by Gasteiger charge is 2.33. The average molecular weight is 451 g/mol. The van der Waals surface area contributed by atoms with Gasteiger partial charge in [0.1, 0.15) is 5.54 Å². The van der Waals surface area contributed by atoms with Gasteiger partial charge < -0.3 is 5.32 Å². The van der Waals surface area contributed by atoms with Gasteiger partial charge in [0.25, 0.3) is 5.56 Å². The lowest BCUT2D eigenvalue weighted by atomic mass is 9.83. The number of nitrogens with one attached hydrogen (secondary N) is 1. The van der Waals surface area contributed by atoms with Crippen molar-refractivity contribution in [3.8, 4) is 6.07 Å². The molecule has 7 heteroatoms. The van der Waals surface area contributed by atoms with E-state index in [9.17, 15) is 14.9 Å². The lowest BCUT2D eigenvalue weighted by Crippen LogP contribution is -2.49. The maximum absolute atomic E-state index is 13.2. The number of carbonyl (C=O) groups is 1. The molecule has 1 heterocycles. The second-order valence-electron chi connectivity index (χ2n) is 8.82. The van der Waals surface area contributed by atoms with Crippen LogP contribution in [-0.2, 0) is 11.3 Å². The Kier molecular flexibility index (Phi) is 7.31. The van der Waals surface area contributed by atoms with Gasteiger partial charge in [-0.2, -0.15) is 5.26 Å². The molecule has 0 spiro atoms. The van der Waals surface area contributed by atoms with E-state index in [2.05, 4.69) is 17.5 Å². The van der Waals surface area contributed by atoms with Crippen molar-refractivity contribution < 1.29 is 4.79 Å². The number of hydrogen-bond acceptors (Lipinski definition) is 5. The number of aromatic nitrogens is 2. The zero-order chi connectivity index (χ0) is 22.4. The van der Waals surface area contributed by atoms with Gasteiger partial charge in [0.15, 0.2) is 5.16 Å². The van der Waals surface area contributed by atoms with Crippen molar-refractivity contribution in [1.29, 1.82) is 5.26 Å². The van der Waals surface area contributed by atoms with E-state index in [0.29, 0.717) is 35.4 Å². The van der Waals surface area contributed by atoms with Crippen LogP contribution >= 0.6 is 11.8 Å². The van der Waals surface area contributed by atoms with Gasteiger partial charge in [-0.15, -0.1) is 0 Å². The van der Waals surface area contributed by atoms with Crippen LogP contribution in [0.2, 0.25) is 0 Å². The number of allylic oxidation sites excluding steroid dienone is 2. The summed E-state index contributed by atoms with van der Waals surface area (Å²) in [6.45, 7) is 0.564. The van der Waals surface area contributed by atoms with Crippen LogP contribution in [0.3, 0.4) is 0 Å². The summed E-state index contributed by atoms with van der Waals surface area (Å²) in [6, 6.07) is 9.69. The van der Waals surface area contributed by atoms with Gasteiger partial charge in [0.05, 0.1) is 22.7 Å². The number of para-hydroxylation sites is 1. The van der Waals surface area contributed by atoms with Crippen LogP contribution in [0, 0.1) is 11.3 Å². The molecule has 0 radical (unpaired) electrons. The summed E-state index contributed by atoms with van der Waals surface area (Å²) in [6.07, 6.45) is 12.2. The maximum atomic E-state index is 13.2. The van der Waals surface area contributed by atoms with Gasteiger partial charge in [-0.3, -0.25) is 14.2 Å². The fourth-order valence-electron chi connectivity index (χ4n) is 4.70. The summed E-state index contributed by atoms with van der Waals surface area (Å²) in [5.74, 6) is -0.0425. The van der Waals surface area contributed by atoms with Crippen molar-refractivity contribution in [2.75, 3.05) is 5.75 Å². The molecule has 2 aliphatic rings. The Bertz CT molecular complexity index is 1110. The van der Waals surface area contributed by atoms with Crippen LogP contribution in [0.25, 0.3) is 10.9 Å². The number of nitriles is 1. The lowest BCUT2D eigenvalue weighted by molar-refractivity contribution is -0.120. The molecule has 1 fully saturated rings. The van der Waals surface area contributed by atoms with E-state index in [-0.39, 0.29) is 17.2 Å². The predicted octanol–water partition coefficient (Wildman–Crippen LogP) is 4.72. The third kappa shape index (κ3) is 5.24. The van der Waals surface area contributed by atoms with Gasteiger partial charge in [0, 0.05) is 6.54 Å². The molecule has 0 atom stereocenters. The first-order valence-electron chi connectivity index (χ1n) is 11.6. The molecule has 1 amide bonds. The first kappa shape index (κ1) is 22.6. The lowest BCUT2D eigenvalue weighted by Gasteiger charge is -2.31. The SMILES string of the molecule is N#CC1(NC(=O)CSc2nc3ccccc3c(=O)n2CCC2=CCCCC2)CCCCC1. The Morgan fingerprint density at radius 1 is 1.19 bits per heavy atom. The average Bonchev–Trinajstić information content (AvgIpc) is 2.83. The standard InChI is InChI=1S/C25H30N4O2S/c26-18-25(14-7-2-8-15-25)28-22(30)17-32-24-27-21-12-6-5-11-20(21)23(31)29(24)16-13-19-9-3-1-4-10-19/h5-6,9,11-12H,1-4,7-8,10,13-17H2,(H,28,30). The van der Waals surface area contributed by atoms with E-state index in [1.165, 1.54) is 30.2 Å². The fraction of sp³-hybridized carbons (Fsp3) is 0.520. The van der Waals surface area contributed by atoms with E-state index in [4.69, 9.17) is 4.98 Å². The third-order valence-electron chi connectivity index (χ3n) is 6.50. The van der Waals surface area contributed by atoms with Gasteiger partial charge in [-0.1, -0.05) is 54.8 Å². The van der Waals surface area contributed by atoms with Crippen LogP contribution in [0.4, 0.5) is 0 Å². The zero-order valence-electron chi connectivity index (χ0n) is 18.4. The number of nitrogens with zero attached hydrogens (tertiary/aromatic N) is 3. The number of carbonyl (C=O) groups excluding carboxylic acids is 1. The van der Waals surface area contributed by atoms with Crippen molar-refractivity contribution in [2.24, 2.45) is 0 Å². The van der Waals surface area contributed by atoms with Gasteiger partial charge in [-0.05, 0) is 57.1 Å². The molecule has 2 aliphatic carbocycles. The number of rotatable bonds is 7. The van der Waals surface area contributed by atoms with Crippen molar-refractivity contribution in [1.82, 2.24) is 14.9 Å². The van der Waals surface area contributed by atoms with Crippen molar-refractivity contribution >= 4 is 28.6 Å². The molecule has 168 valence electrons. The van der Waals surface area contributed by atoms with Crippen LogP contribution in [0.5, 0.6) is 0 Å². The van der Waals surface area contributed by atoms with Crippen LogP contribution in [0.15, 0.2) is 45.9 Å². The Morgan fingerprint density at radius 2 is 2.00 bits per heavy atom. The molecule has 6 nitrogen and oxygen atoms in total. The summed E-state index contributed by atoms with van der Waals surface area (Å²) in [5.41, 5.74) is 1.24. The molecular formula is C25H30N4O2S. The van der Waals surface area contributed by atoms with Gasteiger partial charge >= 0.3 is 0 Å². The smallest absolute Gasteiger partial charge is 0.262 e. The fourth-order valence-corrected chi connectivity index (χ4v) is 5.52. The van der Waals surface area contributed by atoms with E-state index in [1.54, 1.807) is 4.57 Å². The molecule has 4 rings (SSSR count). The quantitative estimate of drug-likeness (QED) is 0.375. The molecule has 1 N–H and O–H groups in total. The second-order valence-corrected chi connectivity index (χ2v) is 9.76. The van der Waals surface area contributed by atoms with Crippen molar-refractivity contribution in [2.45, 2.75) is 81.4 Å². The van der Waals surface area contributed by atoms with Crippen molar-refractivity contribution in [3.63, 3.8) is 0 Å². The zero-order valence-corrected chi connectivity index (χ0v) is 19.3. The minimum atomic E-state index is -0.750. The minimum Gasteiger partial charge on any atom is -0.337 e. The van der Waals surface area contributed by atoms with Crippen LogP contribution < -0.4 is 10.9 Å². The summed E-state index contributed by atoms with van der Waals surface area (Å²) in [7, 11) is 0. The molecule has 0 bridgehead atoms. The Hall–Kier alpha value is -2.59. The summed E-state index contributed by atoms with van der Waals surface area (Å²) in [5, 5.41) is 13.8. The molecule has 1 aromatic carbocycles. The first-order valence-corrected chi connectivity index (χ1v) is 12.6. The summed E-state index contributed by atoms with van der Waals surface area (Å²) < 4.78 is 1.72. The van der Waals surface area contributed by atoms with E-state index in [0.717, 1.165) is 38.5 Å². The number of fused-ring (bicyclic) bond motifs is 1. The van der Waals surface area contributed by atoms with E-state index >= 15 is 0 Å². The van der Waals surface area contributed by atoms with Crippen molar-refractivity contribution in [3.05, 3.63) is 46.3 Å². The number of hydrogen-bond donors (Lipinski definition) is 1. The Morgan fingerprint density at radius 3 is 2.75 bits per heavy atom. The first-order chi connectivity index (χ1) is 15.6. The van der Waals surface area contributed by atoms with E-state index < -0.39 is 5.54 Å². The predicted molar refractivity (Wildman–Crippen MR) is 127 cm³/mol. The molecular weight excluding hydrogens is 420 g/mol. The summed E-state index contributed by atoms with van der Waals surface area (Å²) in [4.78, 5) is 30.7. The molecule has 1 saturated carbocycles. The highest BCUT2D eigenvalue weighted by atomic mass is 32.2. The van der Waals surface area contributed by atoms with Crippen LogP contribution in [-0.4, -0.2) is 26.8 Å². The second kappa shape index (κ2) is 10.4. The maximum Gasteiger partial charge on any atom is 0.262 e. The largest absolute Gasteiger partial charge is 0.337 e. The van der Waals surface area contributed by atoms with Gasteiger partial charge in [0.2, 0.25) is 5.91 Å². The van der Waals surface area contributed by atoms with Crippen LogP contribution in [0.1, 0.15) is 64.2 Å². The number of benzene rings is 1. The Balaban J connectivity index is 1.52. The molecule has 2 aromatic rings. The third-order valence-corrected chi connectivity index (χ3v) is 7.48. The molecule has 32 heavy (non-hydrogen) atoms. The topological polar surface area (TPSA) is 87.8 Å². The van der Waals surface area contributed by atoms with E-state index in [1.807, 2.05) is 24.3 Å². The highest BCUT2D eigenvalue weighted by Crippen LogP contribution is 2.28. The number of thioether (sulfide) groups is 1. The molecule has 0 saturated heterocycles. The normalized spacial score (nSPS) is 18.0. The summed E-state index contributed by atoms with van der Waals surface area (Å²) >= 11 is 1.28. The molecule has 0 aliphatic heterocycles.